The molecule has 0 aromatic carbocycles. The molecule has 0 saturated carbocycles. The Balaban J connectivity index is 3.10. The molecule has 2 heteroatoms. The van der Waals surface area contributed by atoms with E-state index in [0.717, 1.165) is 6.54 Å². The van der Waals surface area contributed by atoms with Gasteiger partial charge in [0.15, 0.2) is 0 Å². The summed E-state index contributed by atoms with van der Waals surface area (Å²) in [5, 5.41) is 3.45. The van der Waals surface area contributed by atoms with E-state index in [0.29, 0.717) is 0 Å². The summed E-state index contributed by atoms with van der Waals surface area (Å²) >= 11 is 0. The van der Waals surface area contributed by atoms with Crippen molar-refractivity contribution in [3.8, 4) is 0 Å². The summed E-state index contributed by atoms with van der Waals surface area (Å²) < 4.78 is 2.14. The summed E-state index contributed by atoms with van der Waals surface area (Å²) in [5.74, 6) is 1.27. The number of amidine groups is 1. The molecule has 0 saturated heterocycles. The van der Waals surface area contributed by atoms with Crippen molar-refractivity contribution in [2.45, 2.75) is 78.1 Å². The van der Waals surface area contributed by atoms with E-state index in [-0.39, 0.29) is 0 Å². The van der Waals surface area contributed by atoms with Crippen LogP contribution in [0.3, 0.4) is 0 Å². The smallest absolute Gasteiger partial charge is 0.241 e. The lowest BCUT2D eigenvalue weighted by atomic mass is 10.1. The summed E-state index contributed by atoms with van der Waals surface area (Å²) in [4.78, 5) is 0. The first-order valence-corrected chi connectivity index (χ1v) is 7.93. The molecule has 0 aliphatic carbocycles. The van der Waals surface area contributed by atoms with Gasteiger partial charge in [0.1, 0.15) is 0 Å². The predicted molar refractivity (Wildman–Crippen MR) is 82.6 cm³/mol. The van der Waals surface area contributed by atoms with Crippen molar-refractivity contribution >= 4 is 5.84 Å². The fourth-order valence-corrected chi connectivity index (χ4v) is 2.04. The maximum Gasteiger partial charge on any atom is 0.241 e. The van der Waals surface area contributed by atoms with E-state index < -0.39 is 0 Å². The highest BCUT2D eigenvalue weighted by atomic mass is 15.1. The molecule has 0 aromatic rings. The second-order valence-corrected chi connectivity index (χ2v) is 5.59. The molecule has 0 rings (SSSR count). The second-order valence-electron chi connectivity index (χ2n) is 5.59. The average molecular weight is 255 g/mol. The Morgan fingerprint density at radius 1 is 0.778 bits per heavy atom. The second kappa shape index (κ2) is 12.9. The van der Waals surface area contributed by atoms with Gasteiger partial charge >= 0.3 is 0 Å². The van der Waals surface area contributed by atoms with E-state index in [4.69, 9.17) is 0 Å². The van der Waals surface area contributed by atoms with Gasteiger partial charge in [-0.05, 0) is 12.8 Å². The summed E-state index contributed by atoms with van der Waals surface area (Å²) in [6.07, 6.45) is 14.1. The maximum atomic E-state index is 3.45. The van der Waals surface area contributed by atoms with Crippen LogP contribution in [0.15, 0.2) is 0 Å². The summed E-state index contributed by atoms with van der Waals surface area (Å²) in [5.41, 5.74) is 0. The topological polar surface area (TPSA) is 15.0 Å². The lowest BCUT2D eigenvalue weighted by Crippen LogP contribution is -2.28. The van der Waals surface area contributed by atoms with E-state index in [1.54, 1.807) is 0 Å². The summed E-state index contributed by atoms with van der Waals surface area (Å²) in [6, 6.07) is 0. The number of nitrogens with one attached hydrogen (secondary N) is 1. The molecule has 18 heavy (non-hydrogen) atoms. The van der Waals surface area contributed by atoms with E-state index in [1.165, 1.54) is 70.0 Å². The number of hydrogen-bond acceptors (Lipinski definition) is 0. The molecule has 0 radical (unpaired) electrons. The Kier molecular flexibility index (Phi) is 12.5. The SMILES string of the molecule is CCCCCCCCCCCCNC(C)=[N+](C)C. The van der Waals surface area contributed by atoms with Crippen LogP contribution >= 0.6 is 0 Å². The molecule has 0 heterocycles. The minimum Gasteiger partial charge on any atom is -0.279 e. The lowest BCUT2D eigenvalue weighted by Gasteiger charge is -2.03. The zero-order valence-corrected chi connectivity index (χ0v) is 13.2. The lowest BCUT2D eigenvalue weighted by molar-refractivity contribution is -0.467. The number of unbranched alkanes of at least 4 members (excludes halogenated alkanes) is 9. The van der Waals surface area contributed by atoms with Gasteiger partial charge in [0.2, 0.25) is 5.84 Å². The van der Waals surface area contributed by atoms with Crippen LogP contribution in [-0.2, 0) is 0 Å². The number of rotatable bonds is 11. The van der Waals surface area contributed by atoms with Gasteiger partial charge < -0.3 is 0 Å². The predicted octanol–water partition coefficient (Wildman–Crippen LogP) is 4.19. The van der Waals surface area contributed by atoms with Crippen LogP contribution in [0.25, 0.3) is 0 Å². The third-order valence-electron chi connectivity index (χ3n) is 3.58. The van der Waals surface area contributed by atoms with Crippen molar-refractivity contribution in [2.24, 2.45) is 0 Å². The number of hydrogen-bond donors (Lipinski definition) is 1. The highest BCUT2D eigenvalue weighted by Gasteiger charge is 1.98. The number of nitrogens with zero attached hydrogens (tertiary/aromatic N) is 1. The Labute approximate surface area is 115 Å². The zero-order chi connectivity index (χ0) is 13.6. The Bertz CT molecular complexity index is 205. The molecule has 2 nitrogen and oxygen atoms in total. The van der Waals surface area contributed by atoms with Crippen LogP contribution < -0.4 is 5.32 Å². The third-order valence-corrected chi connectivity index (χ3v) is 3.58. The molecule has 0 aliphatic rings. The van der Waals surface area contributed by atoms with Gasteiger partial charge in [-0.15, -0.1) is 0 Å². The van der Waals surface area contributed by atoms with Crippen molar-refractivity contribution < 1.29 is 4.58 Å². The van der Waals surface area contributed by atoms with E-state index in [9.17, 15) is 0 Å². The van der Waals surface area contributed by atoms with Crippen molar-refractivity contribution in [1.29, 1.82) is 0 Å². The van der Waals surface area contributed by atoms with Crippen molar-refractivity contribution in [3.63, 3.8) is 0 Å². The quantitative estimate of drug-likeness (QED) is 0.253. The molecule has 0 atom stereocenters. The van der Waals surface area contributed by atoms with Crippen LogP contribution in [-0.4, -0.2) is 31.1 Å². The van der Waals surface area contributed by atoms with Crippen LogP contribution in [0.4, 0.5) is 0 Å². The van der Waals surface area contributed by atoms with Crippen LogP contribution in [0, 0.1) is 0 Å². The molecule has 0 fully saturated rings. The fourth-order valence-electron chi connectivity index (χ4n) is 2.04. The molecule has 0 unspecified atom stereocenters. The summed E-state index contributed by atoms with van der Waals surface area (Å²) in [7, 11) is 4.17. The molecule has 0 aromatic heterocycles. The zero-order valence-electron chi connectivity index (χ0n) is 13.2. The molecule has 0 spiro atoms. The first-order valence-electron chi connectivity index (χ1n) is 7.93. The highest BCUT2D eigenvalue weighted by Crippen LogP contribution is 2.10. The first kappa shape index (κ1) is 17.5. The molecule has 1 N–H and O–H groups in total. The van der Waals surface area contributed by atoms with Gasteiger partial charge in [-0.1, -0.05) is 58.3 Å². The monoisotopic (exact) mass is 255 g/mol. The molecule has 0 aliphatic heterocycles. The first-order chi connectivity index (χ1) is 8.68. The average Bonchev–Trinajstić information content (AvgIpc) is 2.35. The molecule has 108 valence electrons. The van der Waals surface area contributed by atoms with Gasteiger partial charge in [-0.3, -0.25) is 9.89 Å². The van der Waals surface area contributed by atoms with Gasteiger partial charge in [-0.2, -0.15) is 0 Å². The van der Waals surface area contributed by atoms with Crippen LogP contribution in [0.5, 0.6) is 0 Å². The standard InChI is InChI=1S/C16H34N2/c1-5-6-7-8-9-10-11-12-13-14-15-17-16(2)18(3)4/h5-15H2,1-4H3/p+1. The van der Waals surface area contributed by atoms with E-state index in [2.05, 4.69) is 37.8 Å². The Morgan fingerprint density at radius 2 is 1.22 bits per heavy atom. The van der Waals surface area contributed by atoms with E-state index >= 15 is 0 Å². The third kappa shape index (κ3) is 11.9. The van der Waals surface area contributed by atoms with Gasteiger partial charge in [0, 0.05) is 6.92 Å². The highest BCUT2D eigenvalue weighted by molar-refractivity contribution is 5.74. The van der Waals surface area contributed by atoms with Gasteiger partial charge in [-0.25, -0.2) is 0 Å². The molecule has 0 bridgehead atoms. The normalized spacial score (nSPS) is 10.4. The fraction of sp³-hybridized carbons (Fsp3) is 0.938. The van der Waals surface area contributed by atoms with Crippen molar-refractivity contribution in [3.05, 3.63) is 0 Å². The van der Waals surface area contributed by atoms with Crippen LogP contribution in [0.2, 0.25) is 0 Å². The van der Waals surface area contributed by atoms with Crippen LogP contribution in [0.1, 0.15) is 78.1 Å². The van der Waals surface area contributed by atoms with Crippen molar-refractivity contribution in [1.82, 2.24) is 5.32 Å². The van der Waals surface area contributed by atoms with E-state index in [1.807, 2.05) is 0 Å². The molecule has 0 amide bonds. The summed E-state index contributed by atoms with van der Waals surface area (Å²) in [6.45, 7) is 5.54. The molecular weight excluding hydrogens is 220 g/mol. The van der Waals surface area contributed by atoms with Crippen molar-refractivity contribution in [2.75, 3.05) is 20.6 Å². The minimum absolute atomic E-state index is 1.13. The molecular formula is C16H35N2+. The van der Waals surface area contributed by atoms with Gasteiger partial charge in [0.05, 0.1) is 20.6 Å². The minimum atomic E-state index is 1.13. The maximum absolute atomic E-state index is 3.45. The Hall–Kier alpha value is -0.530. The largest absolute Gasteiger partial charge is 0.279 e. The Morgan fingerprint density at radius 3 is 1.67 bits per heavy atom. The van der Waals surface area contributed by atoms with Gasteiger partial charge in [0.25, 0.3) is 0 Å².